The van der Waals surface area contributed by atoms with E-state index in [2.05, 4.69) is 0 Å². The van der Waals surface area contributed by atoms with Gasteiger partial charge in [-0.3, -0.25) is 0 Å². The molecule has 17 heavy (non-hydrogen) atoms. The molecule has 0 fully saturated rings. The second-order valence-corrected chi connectivity index (χ2v) is 3.84. The number of hydrogen-bond donors (Lipinski definition) is 0. The summed E-state index contributed by atoms with van der Waals surface area (Å²) >= 11 is 0. The lowest BCUT2D eigenvalue weighted by molar-refractivity contribution is -0.107. The van der Waals surface area contributed by atoms with Crippen molar-refractivity contribution in [1.82, 2.24) is 0 Å². The largest absolute Gasteiger partial charge is 0.476 e. The summed E-state index contributed by atoms with van der Waals surface area (Å²) in [6.45, 7) is 0.325. The lowest BCUT2D eigenvalue weighted by atomic mass is 10.1. The summed E-state index contributed by atoms with van der Waals surface area (Å²) in [7, 11) is 4.97. The third-order valence-electron chi connectivity index (χ3n) is 2.46. The Kier molecular flexibility index (Phi) is 13.0. The minimum Gasteiger partial charge on any atom is -0.476 e. The molecule has 4 nitrogen and oxygen atoms in total. The van der Waals surface area contributed by atoms with E-state index in [-0.39, 0.29) is 6.29 Å². The number of unbranched alkanes of at least 4 members (excludes halogenated alkanes) is 4. The minimum absolute atomic E-state index is 0.0441. The van der Waals surface area contributed by atoms with Crippen molar-refractivity contribution in [2.24, 2.45) is 0 Å². The van der Waals surface area contributed by atoms with Crippen LogP contribution in [0.2, 0.25) is 0 Å². The maximum atomic E-state index is 5.12. The van der Waals surface area contributed by atoms with Crippen LogP contribution in [0.3, 0.4) is 0 Å². The van der Waals surface area contributed by atoms with Crippen molar-refractivity contribution in [2.75, 3.05) is 28.1 Å². The highest BCUT2D eigenvalue weighted by molar-refractivity contribution is 4.72. The Morgan fingerprint density at radius 1 is 0.941 bits per heavy atom. The van der Waals surface area contributed by atoms with E-state index < -0.39 is 0 Å². The van der Waals surface area contributed by atoms with Crippen LogP contribution in [0.4, 0.5) is 0 Å². The third kappa shape index (κ3) is 11.7. The third-order valence-corrected chi connectivity index (χ3v) is 2.46. The summed E-state index contributed by atoms with van der Waals surface area (Å²) < 4.78 is 20.0. The van der Waals surface area contributed by atoms with E-state index in [1.807, 2.05) is 6.08 Å². The molecular formula is C13H26O4. The molecule has 0 aromatic rings. The zero-order chi connectivity index (χ0) is 12.8. The first-order valence-electron chi connectivity index (χ1n) is 6.16. The van der Waals surface area contributed by atoms with Gasteiger partial charge in [0.15, 0.2) is 13.1 Å². The minimum atomic E-state index is -0.0441. The predicted octanol–water partition coefficient (Wildman–Crippen LogP) is 3.08. The van der Waals surface area contributed by atoms with Crippen LogP contribution in [0.15, 0.2) is 12.3 Å². The van der Waals surface area contributed by atoms with Crippen molar-refractivity contribution in [3.8, 4) is 0 Å². The molecule has 0 aliphatic rings. The fourth-order valence-corrected chi connectivity index (χ4v) is 1.50. The molecule has 0 saturated carbocycles. The zero-order valence-corrected chi connectivity index (χ0v) is 11.3. The van der Waals surface area contributed by atoms with Crippen LogP contribution in [0.5, 0.6) is 0 Å². The lowest BCUT2D eigenvalue weighted by Gasteiger charge is -2.12. The SMILES string of the molecule is COCOC=CCCCCCCC(OC)OC. The number of allylic oxidation sites excluding steroid dienone is 1. The second kappa shape index (κ2) is 13.5. The Hall–Kier alpha value is -0.580. The average molecular weight is 246 g/mol. The number of ether oxygens (including phenoxy) is 4. The van der Waals surface area contributed by atoms with Gasteiger partial charge >= 0.3 is 0 Å². The van der Waals surface area contributed by atoms with Crippen molar-refractivity contribution >= 4 is 0 Å². The summed E-state index contributed by atoms with van der Waals surface area (Å²) in [4.78, 5) is 0. The molecule has 0 radical (unpaired) electrons. The smallest absolute Gasteiger partial charge is 0.187 e. The molecule has 0 N–H and O–H groups in total. The topological polar surface area (TPSA) is 36.9 Å². The molecule has 0 aliphatic carbocycles. The molecule has 0 amide bonds. The second-order valence-electron chi connectivity index (χ2n) is 3.84. The first-order valence-corrected chi connectivity index (χ1v) is 6.16. The van der Waals surface area contributed by atoms with Gasteiger partial charge in [0, 0.05) is 21.3 Å². The van der Waals surface area contributed by atoms with Crippen LogP contribution in [0, 0.1) is 0 Å². The number of hydrogen-bond acceptors (Lipinski definition) is 4. The van der Waals surface area contributed by atoms with Crippen molar-refractivity contribution in [3.05, 3.63) is 12.3 Å². The van der Waals surface area contributed by atoms with Gasteiger partial charge in [-0.05, 0) is 31.8 Å². The van der Waals surface area contributed by atoms with Gasteiger partial charge in [0.2, 0.25) is 0 Å². The average Bonchev–Trinajstić information content (AvgIpc) is 2.36. The maximum absolute atomic E-state index is 5.12. The Bertz CT molecular complexity index is 167. The first-order chi connectivity index (χ1) is 8.35. The molecule has 0 aliphatic heterocycles. The monoisotopic (exact) mass is 246 g/mol. The predicted molar refractivity (Wildman–Crippen MR) is 67.6 cm³/mol. The van der Waals surface area contributed by atoms with Crippen LogP contribution in [-0.2, 0) is 18.9 Å². The molecule has 0 unspecified atom stereocenters. The highest BCUT2D eigenvalue weighted by Gasteiger charge is 2.03. The Morgan fingerprint density at radius 2 is 1.65 bits per heavy atom. The maximum Gasteiger partial charge on any atom is 0.187 e. The molecule has 102 valence electrons. The molecule has 0 heterocycles. The molecule has 0 saturated heterocycles. The fraction of sp³-hybridized carbons (Fsp3) is 0.846. The van der Waals surface area contributed by atoms with Crippen molar-refractivity contribution in [1.29, 1.82) is 0 Å². The van der Waals surface area contributed by atoms with Gasteiger partial charge in [-0.15, -0.1) is 0 Å². The van der Waals surface area contributed by atoms with Gasteiger partial charge in [0.25, 0.3) is 0 Å². The Balaban J connectivity index is 3.15. The van der Waals surface area contributed by atoms with E-state index in [9.17, 15) is 0 Å². The van der Waals surface area contributed by atoms with E-state index in [0.29, 0.717) is 6.79 Å². The summed E-state index contributed by atoms with van der Waals surface area (Å²) in [6, 6.07) is 0. The van der Waals surface area contributed by atoms with E-state index in [1.165, 1.54) is 19.3 Å². The van der Waals surface area contributed by atoms with Gasteiger partial charge in [-0.1, -0.05) is 12.8 Å². The highest BCUT2D eigenvalue weighted by Crippen LogP contribution is 2.09. The fourth-order valence-electron chi connectivity index (χ4n) is 1.50. The van der Waals surface area contributed by atoms with Crippen LogP contribution < -0.4 is 0 Å². The lowest BCUT2D eigenvalue weighted by Crippen LogP contribution is -2.12. The number of methoxy groups -OCH3 is 3. The van der Waals surface area contributed by atoms with Crippen molar-refractivity contribution < 1.29 is 18.9 Å². The molecule has 0 aromatic heterocycles. The van der Waals surface area contributed by atoms with Gasteiger partial charge in [0.1, 0.15) is 0 Å². The molecule has 0 atom stereocenters. The van der Waals surface area contributed by atoms with Gasteiger partial charge in [0.05, 0.1) is 6.26 Å². The quantitative estimate of drug-likeness (QED) is 0.301. The molecule has 0 spiro atoms. The molecule has 0 rings (SSSR count). The molecular weight excluding hydrogens is 220 g/mol. The molecule has 0 bridgehead atoms. The Morgan fingerprint density at radius 3 is 2.29 bits per heavy atom. The standard InChI is InChI=1S/C13H26O4/c1-14-12-17-11-9-7-5-4-6-8-10-13(15-2)16-3/h9,11,13H,4-8,10,12H2,1-3H3. The van der Waals surface area contributed by atoms with Crippen molar-refractivity contribution in [3.63, 3.8) is 0 Å². The van der Waals surface area contributed by atoms with E-state index in [0.717, 1.165) is 19.3 Å². The van der Waals surface area contributed by atoms with E-state index in [4.69, 9.17) is 18.9 Å². The zero-order valence-electron chi connectivity index (χ0n) is 11.3. The van der Waals surface area contributed by atoms with E-state index in [1.54, 1.807) is 27.6 Å². The van der Waals surface area contributed by atoms with Crippen LogP contribution >= 0.6 is 0 Å². The summed E-state index contributed by atoms with van der Waals surface area (Å²) in [6.07, 6.45) is 10.5. The van der Waals surface area contributed by atoms with Crippen LogP contribution in [0.1, 0.15) is 38.5 Å². The first kappa shape index (κ1) is 16.4. The molecule has 4 heteroatoms. The highest BCUT2D eigenvalue weighted by atomic mass is 16.7. The summed E-state index contributed by atoms with van der Waals surface area (Å²) in [5.74, 6) is 0. The summed E-state index contributed by atoms with van der Waals surface area (Å²) in [5.41, 5.74) is 0. The van der Waals surface area contributed by atoms with Gasteiger partial charge in [-0.2, -0.15) is 0 Å². The molecule has 0 aromatic carbocycles. The Labute approximate surface area is 105 Å². The summed E-state index contributed by atoms with van der Waals surface area (Å²) in [5, 5.41) is 0. The normalized spacial score (nSPS) is 11.5. The van der Waals surface area contributed by atoms with Crippen LogP contribution in [0.25, 0.3) is 0 Å². The van der Waals surface area contributed by atoms with Crippen LogP contribution in [-0.4, -0.2) is 34.4 Å². The van der Waals surface area contributed by atoms with Gasteiger partial charge in [-0.25, -0.2) is 0 Å². The van der Waals surface area contributed by atoms with Gasteiger partial charge < -0.3 is 18.9 Å². The van der Waals surface area contributed by atoms with E-state index >= 15 is 0 Å². The van der Waals surface area contributed by atoms with Crippen molar-refractivity contribution in [2.45, 2.75) is 44.8 Å². The number of rotatable bonds is 12.